The van der Waals surface area contributed by atoms with Crippen LogP contribution in [0.2, 0.25) is 0 Å². The molecule has 2 rings (SSSR count). The molecule has 1 saturated heterocycles. The van der Waals surface area contributed by atoms with Crippen molar-refractivity contribution in [2.75, 3.05) is 31.9 Å². The van der Waals surface area contributed by atoms with Gasteiger partial charge in [-0.15, -0.1) is 0 Å². The molecule has 0 unspecified atom stereocenters. The molecular weight excluding hydrogens is 294 g/mol. The predicted octanol–water partition coefficient (Wildman–Crippen LogP) is 2.39. The maximum atomic E-state index is 10.8. The van der Waals surface area contributed by atoms with Crippen molar-refractivity contribution in [2.24, 2.45) is 10.7 Å². The fourth-order valence-electron chi connectivity index (χ4n) is 2.46. The van der Waals surface area contributed by atoms with Crippen molar-refractivity contribution in [1.29, 1.82) is 0 Å². The second-order valence-corrected chi connectivity index (χ2v) is 5.20. The molecule has 0 bridgehead atoms. The number of hydrogen-bond donors (Lipinski definition) is 2. The van der Waals surface area contributed by atoms with Crippen molar-refractivity contribution in [3.8, 4) is 0 Å². The van der Waals surface area contributed by atoms with Crippen LogP contribution in [0.3, 0.4) is 0 Å². The first kappa shape index (κ1) is 18.9. The lowest BCUT2D eigenvalue weighted by Gasteiger charge is -2.25. The molecule has 7 heteroatoms. The minimum absolute atomic E-state index is 0.0339. The fraction of sp³-hybridized carbons (Fsp3) is 0.562. The van der Waals surface area contributed by atoms with Crippen molar-refractivity contribution in [1.82, 2.24) is 4.90 Å². The van der Waals surface area contributed by atoms with E-state index in [0.717, 1.165) is 19.6 Å². The van der Waals surface area contributed by atoms with Gasteiger partial charge in [0.1, 0.15) is 5.84 Å². The van der Waals surface area contributed by atoms with Crippen LogP contribution < -0.4 is 11.5 Å². The number of amidine groups is 1. The Kier molecular flexibility index (Phi) is 8.04. The van der Waals surface area contributed by atoms with E-state index in [-0.39, 0.29) is 11.5 Å². The summed E-state index contributed by atoms with van der Waals surface area (Å²) in [6, 6.07) is 4.22. The number of nitro benzene ring substituents is 1. The average Bonchev–Trinajstić information content (AvgIpc) is 2.57. The Morgan fingerprint density at radius 2 is 1.96 bits per heavy atom. The van der Waals surface area contributed by atoms with E-state index >= 15 is 0 Å². The van der Waals surface area contributed by atoms with Crippen LogP contribution in [0, 0.1) is 10.1 Å². The van der Waals surface area contributed by atoms with Gasteiger partial charge in [-0.2, -0.15) is 0 Å². The number of benzene rings is 1. The third-order valence-electron chi connectivity index (χ3n) is 3.67. The first-order valence-electron chi connectivity index (χ1n) is 8.14. The second kappa shape index (κ2) is 9.78. The van der Waals surface area contributed by atoms with E-state index in [1.165, 1.54) is 37.5 Å². The maximum absolute atomic E-state index is 10.8. The summed E-state index contributed by atoms with van der Waals surface area (Å²) in [6.07, 6.45) is 3.76. The Hall–Kier alpha value is -2.15. The van der Waals surface area contributed by atoms with E-state index in [1.54, 1.807) is 0 Å². The highest BCUT2D eigenvalue weighted by Crippen LogP contribution is 2.19. The number of hydrogen-bond acceptors (Lipinski definition) is 5. The molecule has 1 fully saturated rings. The Labute approximate surface area is 137 Å². The molecule has 0 amide bonds. The quantitative estimate of drug-likeness (QED) is 0.284. The lowest BCUT2D eigenvalue weighted by atomic mass is 10.1. The summed E-state index contributed by atoms with van der Waals surface area (Å²) < 4.78 is 0. The van der Waals surface area contributed by atoms with Crippen LogP contribution in [-0.4, -0.2) is 41.8 Å². The van der Waals surface area contributed by atoms with Crippen molar-refractivity contribution < 1.29 is 4.92 Å². The van der Waals surface area contributed by atoms with Crippen molar-refractivity contribution in [3.05, 3.63) is 33.9 Å². The molecule has 1 heterocycles. The van der Waals surface area contributed by atoms with Gasteiger partial charge in [0.05, 0.1) is 11.5 Å². The standard InChI is InChI=1S/C14H21N5O2.C2H6/c15-13-5-4-11(19(20)21)10-12(13)14(16)17-6-9-18-7-2-1-3-8-18;1-2/h4-5,10H,1-3,6-9,15H2,(H2,16,17);1-2H3. The molecule has 4 N–H and O–H groups in total. The van der Waals surface area contributed by atoms with Gasteiger partial charge in [-0.25, -0.2) is 0 Å². The number of nitro groups is 1. The molecule has 1 aliphatic rings. The molecule has 0 spiro atoms. The van der Waals surface area contributed by atoms with Crippen LogP contribution in [0.4, 0.5) is 11.4 Å². The third-order valence-corrected chi connectivity index (χ3v) is 3.67. The molecule has 23 heavy (non-hydrogen) atoms. The Morgan fingerprint density at radius 3 is 2.57 bits per heavy atom. The van der Waals surface area contributed by atoms with E-state index in [0.29, 0.717) is 17.8 Å². The van der Waals surface area contributed by atoms with E-state index < -0.39 is 4.92 Å². The lowest BCUT2D eigenvalue weighted by Crippen LogP contribution is -2.32. The Balaban J connectivity index is 0.00000127. The number of piperidine rings is 1. The molecule has 1 aromatic carbocycles. The van der Waals surface area contributed by atoms with Gasteiger partial charge in [-0.1, -0.05) is 20.3 Å². The Bertz CT molecular complexity index is 539. The summed E-state index contributed by atoms with van der Waals surface area (Å²) in [6.45, 7) is 7.65. The first-order chi connectivity index (χ1) is 11.1. The normalized spacial score (nSPS) is 15.7. The molecule has 128 valence electrons. The van der Waals surface area contributed by atoms with Crippen LogP contribution in [0.25, 0.3) is 0 Å². The van der Waals surface area contributed by atoms with E-state index in [9.17, 15) is 10.1 Å². The minimum atomic E-state index is -0.468. The van der Waals surface area contributed by atoms with Gasteiger partial charge in [0.25, 0.3) is 5.69 Å². The molecule has 1 aliphatic heterocycles. The molecule has 0 aromatic heterocycles. The van der Waals surface area contributed by atoms with E-state index in [2.05, 4.69) is 9.89 Å². The predicted molar refractivity (Wildman–Crippen MR) is 94.7 cm³/mol. The summed E-state index contributed by atoms with van der Waals surface area (Å²) in [5.74, 6) is 0.258. The lowest BCUT2D eigenvalue weighted by molar-refractivity contribution is -0.384. The molecule has 0 saturated carbocycles. The van der Waals surface area contributed by atoms with Crippen LogP contribution in [0.15, 0.2) is 23.2 Å². The summed E-state index contributed by atoms with van der Waals surface area (Å²) >= 11 is 0. The number of anilines is 1. The van der Waals surface area contributed by atoms with Crippen molar-refractivity contribution >= 4 is 17.2 Å². The molecule has 1 aromatic rings. The van der Waals surface area contributed by atoms with Crippen molar-refractivity contribution in [2.45, 2.75) is 33.1 Å². The molecule has 0 atom stereocenters. The van der Waals surface area contributed by atoms with Crippen LogP contribution in [0.1, 0.15) is 38.7 Å². The molecular formula is C16H27N5O2. The molecule has 0 radical (unpaired) electrons. The van der Waals surface area contributed by atoms with Crippen molar-refractivity contribution in [3.63, 3.8) is 0 Å². The highest BCUT2D eigenvalue weighted by atomic mass is 16.6. The summed E-state index contributed by atoms with van der Waals surface area (Å²) in [5.41, 5.74) is 12.5. The van der Waals surface area contributed by atoms with Gasteiger partial charge in [0.15, 0.2) is 0 Å². The largest absolute Gasteiger partial charge is 0.398 e. The third kappa shape index (κ3) is 5.86. The minimum Gasteiger partial charge on any atom is -0.398 e. The maximum Gasteiger partial charge on any atom is 0.270 e. The highest BCUT2D eigenvalue weighted by molar-refractivity contribution is 6.02. The van der Waals surface area contributed by atoms with Gasteiger partial charge in [0, 0.05) is 29.9 Å². The number of non-ortho nitro benzene ring substituents is 1. The molecule has 7 nitrogen and oxygen atoms in total. The van der Waals surface area contributed by atoms with Gasteiger partial charge < -0.3 is 16.4 Å². The topological polar surface area (TPSA) is 111 Å². The Morgan fingerprint density at radius 1 is 1.30 bits per heavy atom. The first-order valence-corrected chi connectivity index (χ1v) is 8.14. The molecule has 0 aliphatic carbocycles. The van der Waals surface area contributed by atoms with Crippen LogP contribution in [-0.2, 0) is 0 Å². The monoisotopic (exact) mass is 321 g/mol. The number of likely N-dealkylation sites (tertiary alicyclic amines) is 1. The van der Waals surface area contributed by atoms with Crippen LogP contribution >= 0.6 is 0 Å². The van der Waals surface area contributed by atoms with Gasteiger partial charge in [-0.3, -0.25) is 15.1 Å². The van der Waals surface area contributed by atoms with Gasteiger partial charge >= 0.3 is 0 Å². The van der Waals surface area contributed by atoms with E-state index in [1.807, 2.05) is 13.8 Å². The fourth-order valence-corrected chi connectivity index (χ4v) is 2.46. The number of nitrogens with zero attached hydrogens (tertiary/aromatic N) is 3. The summed E-state index contributed by atoms with van der Waals surface area (Å²) in [4.78, 5) is 17.0. The SMILES string of the molecule is CC.NC(=NCCN1CCCCC1)c1cc([N+](=O)[O-])ccc1N. The second-order valence-electron chi connectivity index (χ2n) is 5.20. The zero-order valence-electron chi connectivity index (χ0n) is 14.0. The van der Waals surface area contributed by atoms with E-state index in [4.69, 9.17) is 11.5 Å². The average molecular weight is 321 g/mol. The number of rotatable bonds is 5. The zero-order valence-corrected chi connectivity index (χ0v) is 14.0. The number of aliphatic imine (C=N–C) groups is 1. The summed E-state index contributed by atoms with van der Waals surface area (Å²) in [5, 5.41) is 10.8. The smallest absolute Gasteiger partial charge is 0.270 e. The van der Waals surface area contributed by atoms with Gasteiger partial charge in [-0.05, 0) is 32.0 Å². The number of nitrogen functional groups attached to an aromatic ring is 1. The number of nitrogens with two attached hydrogens (primary N) is 2. The van der Waals surface area contributed by atoms with Crippen LogP contribution in [0.5, 0.6) is 0 Å². The highest BCUT2D eigenvalue weighted by Gasteiger charge is 2.12. The van der Waals surface area contributed by atoms with Gasteiger partial charge in [0.2, 0.25) is 0 Å². The zero-order chi connectivity index (χ0) is 17.2. The summed E-state index contributed by atoms with van der Waals surface area (Å²) in [7, 11) is 0.